The van der Waals surface area contributed by atoms with Gasteiger partial charge in [-0.2, -0.15) is 0 Å². The minimum absolute atomic E-state index is 0.0760. The highest BCUT2D eigenvalue weighted by atomic mass is 16.5. The van der Waals surface area contributed by atoms with Crippen LogP contribution in [-0.4, -0.2) is 79.7 Å². The van der Waals surface area contributed by atoms with Crippen LogP contribution in [0.25, 0.3) is 5.76 Å². The molecule has 2 saturated heterocycles. The summed E-state index contributed by atoms with van der Waals surface area (Å²) in [5.74, 6) is -0.427. The van der Waals surface area contributed by atoms with Crippen molar-refractivity contribution in [2.45, 2.75) is 19.9 Å². The smallest absolute Gasteiger partial charge is 0.295 e. The third-order valence-electron chi connectivity index (χ3n) is 6.43. The molecule has 35 heavy (non-hydrogen) atoms. The van der Waals surface area contributed by atoms with Crippen molar-refractivity contribution in [3.05, 3.63) is 64.7 Å². The standard InChI is InChI=1S/C27H32N2O6/c1-4-35-21-10-9-20(17-22(21)33-3)24-23(25(30)19-7-5-18(2)6-8-19)26(31)27(32)29(24)12-11-28-13-15-34-16-14-28/h5-10,17,24,30H,4,11-16H2,1-3H3/t24-/m0/s1. The number of carbonyl (C=O) groups is 2. The molecule has 1 amide bonds. The van der Waals surface area contributed by atoms with Gasteiger partial charge in [0.15, 0.2) is 11.5 Å². The van der Waals surface area contributed by atoms with E-state index in [0.29, 0.717) is 55.5 Å². The molecule has 2 aromatic carbocycles. The largest absolute Gasteiger partial charge is 0.507 e. The molecule has 0 aromatic heterocycles. The van der Waals surface area contributed by atoms with Gasteiger partial charge in [-0.3, -0.25) is 14.5 Å². The average Bonchev–Trinajstić information content (AvgIpc) is 3.13. The molecular weight excluding hydrogens is 448 g/mol. The Labute approximate surface area is 205 Å². The summed E-state index contributed by atoms with van der Waals surface area (Å²) in [7, 11) is 1.54. The van der Waals surface area contributed by atoms with Crippen molar-refractivity contribution < 1.29 is 28.9 Å². The summed E-state index contributed by atoms with van der Waals surface area (Å²) >= 11 is 0. The first-order valence-corrected chi connectivity index (χ1v) is 11.9. The Morgan fingerprint density at radius 2 is 1.77 bits per heavy atom. The number of hydrogen-bond donors (Lipinski definition) is 1. The number of likely N-dealkylation sites (tertiary alicyclic amines) is 1. The molecule has 1 atom stereocenters. The molecule has 2 heterocycles. The Morgan fingerprint density at radius 3 is 2.43 bits per heavy atom. The number of methoxy groups -OCH3 is 1. The van der Waals surface area contributed by atoms with Crippen LogP contribution in [0.15, 0.2) is 48.0 Å². The van der Waals surface area contributed by atoms with E-state index in [9.17, 15) is 14.7 Å². The average molecular weight is 481 g/mol. The van der Waals surface area contributed by atoms with Gasteiger partial charge in [-0.15, -0.1) is 0 Å². The summed E-state index contributed by atoms with van der Waals surface area (Å²) in [6.45, 7) is 8.08. The van der Waals surface area contributed by atoms with Crippen LogP contribution in [0.5, 0.6) is 11.5 Å². The number of aliphatic hydroxyl groups excluding tert-OH is 1. The number of aliphatic hydroxyl groups is 1. The molecule has 0 aliphatic carbocycles. The number of amides is 1. The van der Waals surface area contributed by atoms with Gasteiger partial charge in [-0.25, -0.2) is 0 Å². The monoisotopic (exact) mass is 480 g/mol. The van der Waals surface area contributed by atoms with E-state index in [4.69, 9.17) is 14.2 Å². The Hall–Kier alpha value is -3.36. The van der Waals surface area contributed by atoms with Gasteiger partial charge < -0.3 is 24.2 Å². The Morgan fingerprint density at radius 1 is 1.06 bits per heavy atom. The van der Waals surface area contributed by atoms with Gasteiger partial charge in [0.05, 0.1) is 38.5 Å². The molecule has 0 bridgehead atoms. The van der Waals surface area contributed by atoms with Gasteiger partial charge in [0, 0.05) is 31.7 Å². The molecule has 186 valence electrons. The van der Waals surface area contributed by atoms with E-state index in [2.05, 4.69) is 4.90 Å². The van der Waals surface area contributed by atoms with Gasteiger partial charge in [-0.1, -0.05) is 35.9 Å². The first kappa shape index (κ1) is 24.8. The molecule has 2 aliphatic rings. The minimum atomic E-state index is -0.748. The van der Waals surface area contributed by atoms with Crippen LogP contribution < -0.4 is 9.47 Å². The molecule has 8 heteroatoms. The Balaban J connectivity index is 1.77. The van der Waals surface area contributed by atoms with E-state index in [-0.39, 0.29) is 11.3 Å². The predicted octanol–water partition coefficient (Wildman–Crippen LogP) is 3.16. The number of rotatable bonds is 8. The fourth-order valence-corrected chi connectivity index (χ4v) is 4.53. The second-order valence-electron chi connectivity index (χ2n) is 8.66. The van der Waals surface area contributed by atoms with Crippen molar-refractivity contribution >= 4 is 17.4 Å². The van der Waals surface area contributed by atoms with Crippen LogP contribution in [0, 0.1) is 6.92 Å². The van der Waals surface area contributed by atoms with Crippen LogP contribution in [0.1, 0.15) is 29.7 Å². The highest BCUT2D eigenvalue weighted by Crippen LogP contribution is 2.42. The number of ether oxygens (including phenoxy) is 3. The Kier molecular flexibility index (Phi) is 7.73. The first-order chi connectivity index (χ1) is 16.9. The zero-order chi connectivity index (χ0) is 24.9. The molecule has 8 nitrogen and oxygen atoms in total. The third kappa shape index (κ3) is 5.18. The van der Waals surface area contributed by atoms with Gasteiger partial charge in [-0.05, 0) is 31.5 Å². The third-order valence-corrected chi connectivity index (χ3v) is 6.43. The van der Waals surface area contributed by atoms with E-state index in [0.717, 1.165) is 18.7 Å². The summed E-state index contributed by atoms with van der Waals surface area (Å²) in [5.41, 5.74) is 2.26. The molecule has 2 aliphatic heterocycles. The fraction of sp³-hybridized carbons (Fsp3) is 0.407. The molecular formula is C27H32N2O6. The molecule has 0 saturated carbocycles. The number of benzene rings is 2. The van der Waals surface area contributed by atoms with Crippen LogP contribution >= 0.6 is 0 Å². The molecule has 0 spiro atoms. The van der Waals surface area contributed by atoms with E-state index in [1.165, 1.54) is 0 Å². The predicted molar refractivity (Wildman–Crippen MR) is 132 cm³/mol. The molecule has 0 radical (unpaired) electrons. The lowest BCUT2D eigenvalue weighted by molar-refractivity contribution is -0.140. The van der Waals surface area contributed by atoms with Crippen LogP contribution in [0.2, 0.25) is 0 Å². The highest BCUT2D eigenvalue weighted by molar-refractivity contribution is 6.46. The van der Waals surface area contributed by atoms with Gasteiger partial charge in [0.25, 0.3) is 11.7 Å². The maximum absolute atomic E-state index is 13.3. The zero-order valence-corrected chi connectivity index (χ0v) is 20.5. The van der Waals surface area contributed by atoms with Crippen LogP contribution in [-0.2, 0) is 14.3 Å². The van der Waals surface area contributed by atoms with Crippen LogP contribution in [0.3, 0.4) is 0 Å². The second-order valence-corrected chi connectivity index (χ2v) is 8.66. The van der Waals surface area contributed by atoms with Crippen molar-refractivity contribution in [2.75, 3.05) is 53.1 Å². The molecule has 1 N–H and O–H groups in total. The summed E-state index contributed by atoms with van der Waals surface area (Å²) in [6.07, 6.45) is 0. The van der Waals surface area contributed by atoms with Crippen molar-refractivity contribution in [2.24, 2.45) is 0 Å². The number of ketones is 1. The zero-order valence-electron chi connectivity index (χ0n) is 20.5. The van der Waals surface area contributed by atoms with E-state index in [1.807, 2.05) is 32.0 Å². The second kappa shape index (κ2) is 10.9. The first-order valence-electron chi connectivity index (χ1n) is 11.9. The van der Waals surface area contributed by atoms with Crippen molar-refractivity contribution in [1.82, 2.24) is 9.80 Å². The molecule has 2 aromatic rings. The molecule has 0 unspecified atom stereocenters. The number of hydrogen-bond acceptors (Lipinski definition) is 7. The van der Waals surface area contributed by atoms with Gasteiger partial charge >= 0.3 is 0 Å². The number of aryl methyl sites for hydroxylation is 1. The maximum atomic E-state index is 13.3. The summed E-state index contributed by atoms with van der Waals surface area (Å²) < 4.78 is 16.6. The number of carbonyl (C=O) groups excluding carboxylic acids is 2. The minimum Gasteiger partial charge on any atom is -0.507 e. The summed E-state index contributed by atoms with van der Waals surface area (Å²) in [5, 5.41) is 11.2. The summed E-state index contributed by atoms with van der Waals surface area (Å²) in [4.78, 5) is 30.2. The quantitative estimate of drug-likeness (QED) is 0.353. The normalized spacial score (nSPS) is 20.3. The van der Waals surface area contributed by atoms with Gasteiger partial charge in [0.1, 0.15) is 5.76 Å². The van der Waals surface area contributed by atoms with Crippen LogP contribution in [0.4, 0.5) is 0 Å². The SMILES string of the molecule is CCOc1ccc([C@H]2C(=C(O)c3ccc(C)cc3)C(=O)C(=O)N2CCN2CCOCC2)cc1OC. The number of Topliss-reactive ketones (excluding diaryl/α,β-unsaturated/α-hetero) is 1. The molecule has 4 rings (SSSR count). The number of morpholine rings is 1. The Bertz CT molecular complexity index is 1110. The lowest BCUT2D eigenvalue weighted by Crippen LogP contribution is -2.42. The molecule has 2 fully saturated rings. The maximum Gasteiger partial charge on any atom is 0.295 e. The fourth-order valence-electron chi connectivity index (χ4n) is 4.53. The summed E-state index contributed by atoms with van der Waals surface area (Å²) in [6, 6.07) is 11.8. The van der Waals surface area contributed by atoms with E-state index >= 15 is 0 Å². The van der Waals surface area contributed by atoms with Crippen molar-refractivity contribution in [3.8, 4) is 11.5 Å². The van der Waals surface area contributed by atoms with Crippen molar-refractivity contribution in [3.63, 3.8) is 0 Å². The topological polar surface area (TPSA) is 88.5 Å². The number of nitrogens with zero attached hydrogens (tertiary/aromatic N) is 2. The lowest BCUT2D eigenvalue weighted by Gasteiger charge is -2.31. The van der Waals surface area contributed by atoms with E-state index < -0.39 is 17.7 Å². The van der Waals surface area contributed by atoms with Crippen molar-refractivity contribution in [1.29, 1.82) is 0 Å². The van der Waals surface area contributed by atoms with E-state index in [1.54, 1.807) is 36.3 Å². The lowest BCUT2D eigenvalue weighted by atomic mass is 9.94. The van der Waals surface area contributed by atoms with Gasteiger partial charge in [0.2, 0.25) is 0 Å². The highest BCUT2D eigenvalue weighted by Gasteiger charge is 2.46.